The topological polar surface area (TPSA) is 68.3 Å². The van der Waals surface area contributed by atoms with Crippen LogP contribution < -0.4 is 11.1 Å². The second kappa shape index (κ2) is 6.91. The average Bonchev–Trinajstić information content (AvgIpc) is 2.96. The fourth-order valence-electron chi connectivity index (χ4n) is 2.11. The van der Waals surface area contributed by atoms with Gasteiger partial charge in [-0.3, -0.25) is 4.79 Å². The lowest BCUT2D eigenvalue weighted by Crippen LogP contribution is -2.27. The summed E-state index contributed by atoms with van der Waals surface area (Å²) >= 11 is 0. The molecule has 1 aromatic carbocycles. The van der Waals surface area contributed by atoms with Gasteiger partial charge in [-0.2, -0.15) is 0 Å². The Morgan fingerprint density at radius 2 is 2.10 bits per heavy atom. The smallest absolute Gasteiger partial charge is 0.249 e. The molecule has 1 unspecified atom stereocenters. The van der Waals surface area contributed by atoms with E-state index in [-0.39, 0.29) is 5.91 Å². The van der Waals surface area contributed by atoms with Crippen LogP contribution in [0.5, 0.6) is 0 Å². The SMILES string of the molecule is CC(CCc1ccco1)NCc1ccccc1C(N)=O. The second-order valence-corrected chi connectivity index (χ2v) is 4.92. The molecular weight excluding hydrogens is 252 g/mol. The Hall–Kier alpha value is -2.07. The molecule has 0 radical (unpaired) electrons. The van der Waals surface area contributed by atoms with Crippen LogP contribution in [0.4, 0.5) is 0 Å². The van der Waals surface area contributed by atoms with Gasteiger partial charge >= 0.3 is 0 Å². The standard InChI is InChI=1S/C16H20N2O2/c1-12(8-9-14-6-4-10-20-14)18-11-13-5-2-3-7-15(13)16(17)19/h2-7,10,12,18H,8-9,11H2,1H3,(H2,17,19). The number of benzene rings is 1. The lowest BCUT2D eigenvalue weighted by atomic mass is 10.1. The fourth-order valence-corrected chi connectivity index (χ4v) is 2.11. The first-order valence-electron chi connectivity index (χ1n) is 6.80. The molecule has 4 nitrogen and oxygen atoms in total. The van der Waals surface area contributed by atoms with Crippen LogP contribution in [0.2, 0.25) is 0 Å². The van der Waals surface area contributed by atoms with Crippen molar-refractivity contribution in [2.24, 2.45) is 5.73 Å². The van der Waals surface area contributed by atoms with Crippen LogP contribution in [0.1, 0.15) is 35.0 Å². The Kier molecular flexibility index (Phi) is 4.96. The number of nitrogens with two attached hydrogens (primary N) is 1. The highest BCUT2D eigenvalue weighted by Gasteiger charge is 2.09. The maximum atomic E-state index is 11.3. The minimum absolute atomic E-state index is 0.334. The van der Waals surface area contributed by atoms with E-state index in [1.165, 1.54) is 0 Å². The van der Waals surface area contributed by atoms with Crippen molar-refractivity contribution in [2.75, 3.05) is 0 Å². The van der Waals surface area contributed by atoms with E-state index in [2.05, 4.69) is 12.2 Å². The summed E-state index contributed by atoms with van der Waals surface area (Å²) in [4.78, 5) is 11.3. The number of hydrogen-bond donors (Lipinski definition) is 2. The molecular formula is C16H20N2O2. The van der Waals surface area contributed by atoms with E-state index >= 15 is 0 Å². The number of rotatable bonds is 7. The molecule has 1 aromatic heterocycles. The highest BCUT2D eigenvalue weighted by molar-refractivity contribution is 5.94. The zero-order chi connectivity index (χ0) is 14.4. The van der Waals surface area contributed by atoms with Crippen LogP contribution in [-0.4, -0.2) is 11.9 Å². The Labute approximate surface area is 119 Å². The van der Waals surface area contributed by atoms with Gasteiger partial charge in [0.05, 0.1) is 6.26 Å². The highest BCUT2D eigenvalue weighted by atomic mass is 16.3. The zero-order valence-electron chi connectivity index (χ0n) is 11.6. The third-order valence-electron chi connectivity index (χ3n) is 3.33. The number of primary amides is 1. The molecule has 0 fully saturated rings. The van der Waals surface area contributed by atoms with Crippen LogP contribution in [0.15, 0.2) is 47.1 Å². The van der Waals surface area contributed by atoms with Gasteiger partial charge in [0.25, 0.3) is 0 Å². The average molecular weight is 272 g/mol. The van der Waals surface area contributed by atoms with Crippen molar-refractivity contribution in [3.63, 3.8) is 0 Å². The summed E-state index contributed by atoms with van der Waals surface area (Å²) in [5.74, 6) is 0.613. The number of hydrogen-bond acceptors (Lipinski definition) is 3. The molecule has 1 heterocycles. The number of amides is 1. The summed E-state index contributed by atoms with van der Waals surface area (Å²) in [5.41, 5.74) is 6.88. The van der Waals surface area contributed by atoms with Crippen LogP contribution >= 0.6 is 0 Å². The molecule has 1 atom stereocenters. The third-order valence-corrected chi connectivity index (χ3v) is 3.33. The van der Waals surface area contributed by atoms with Gasteiger partial charge in [-0.05, 0) is 37.1 Å². The molecule has 0 saturated carbocycles. The van der Waals surface area contributed by atoms with Gasteiger partial charge in [-0.15, -0.1) is 0 Å². The van der Waals surface area contributed by atoms with Crippen molar-refractivity contribution < 1.29 is 9.21 Å². The Balaban J connectivity index is 1.84. The van der Waals surface area contributed by atoms with Gasteiger partial charge in [-0.1, -0.05) is 18.2 Å². The first-order chi connectivity index (χ1) is 9.66. The molecule has 0 aliphatic carbocycles. The van der Waals surface area contributed by atoms with Crippen molar-refractivity contribution in [1.82, 2.24) is 5.32 Å². The summed E-state index contributed by atoms with van der Waals surface area (Å²) in [5, 5.41) is 3.41. The van der Waals surface area contributed by atoms with E-state index in [0.717, 1.165) is 24.2 Å². The predicted octanol–water partition coefficient (Wildman–Crippen LogP) is 2.49. The molecule has 0 bridgehead atoms. The minimum atomic E-state index is -0.384. The van der Waals surface area contributed by atoms with Gasteiger partial charge < -0.3 is 15.5 Å². The van der Waals surface area contributed by atoms with E-state index in [9.17, 15) is 4.79 Å². The van der Waals surface area contributed by atoms with Gasteiger partial charge in [-0.25, -0.2) is 0 Å². The molecule has 0 spiro atoms. The molecule has 2 aromatic rings. The molecule has 4 heteroatoms. The summed E-state index contributed by atoms with van der Waals surface area (Å²) < 4.78 is 5.31. The normalized spacial score (nSPS) is 12.2. The number of aryl methyl sites for hydroxylation is 1. The number of furan rings is 1. The fraction of sp³-hybridized carbons (Fsp3) is 0.312. The summed E-state index contributed by atoms with van der Waals surface area (Å²) in [6.07, 6.45) is 3.57. The molecule has 0 saturated heterocycles. The lowest BCUT2D eigenvalue weighted by Gasteiger charge is -2.14. The van der Waals surface area contributed by atoms with E-state index < -0.39 is 0 Å². The van der Waals surface area contributed by atoms with Gasteiger partial charge in [0, 0.05) is 24.6 Å². The first kappa shape index (κ1) is 14.3. The van der Waals surface area contributed by atoms with Crippen molar-refractivity contribution in [3.05, 3.63) is 59.5 Å². The van der Waals surface area contributed by atoms with Crippen LogP contribution in [0.25, 0.3) is 0 Å². The minimum Gasteiger partial charge on any atom is -0.469 e. The van der Waals surface area contributed by atoms with Gasteiger partial charge in [0.1, 0.15) is 5.76 Å². The van der Waals surface area contributed by atoms with Gasteiger partial charge in [0.15, 0.2) is 0 Å². The van der Waals surface area contributed by atoms with Crippen LogP contribution in [0.3, 0.4) is 0 Å². The Bertz CT molecular complexity index is 549. The lowest BCUT2D eigenvalue weighted by molar-refractivity contribution is 0.0999. The van der Waals surface area contributed by atoms with Crippen LogP contribution in [-0.2, 0) is 13.0 Å². The summed E-state index contributed by atoms with van der Waals surface area (Å²) in [6, 6.07) is 11.6. The molecule has 1 amide bonds. The largest absolute Gasteiger partial charge is 0.469 e. The monoisotopic (exact) mass is 272 g/mol. The molecule has 0 aliphatic rings. The Morgan fingerprint density at radius 3 is 2.80 bits per heavy atom. The molecule has 0 aliphatic heterocycles. The van der Waals surface area contributed by atoms with Crippen molar-refractivity contribution in [3.8, 4) is 0 Å². The predicted molar refractivity (Wildman–Crippen MR) is 78.3 cm³/mol. The number of nitrogens with one attached hydrogen (secondary N) is 1. The highest BCUT2D eigenvalue weighted by Crippen LogP contribution is 2.10. The van der Waals surface area contributed by atoms with E-state index in [0.29, 0.717) is 18.2 Å². The molecule has 3 N–H and O–H groups in total. The Morgan fingerprint density at radius 1 is 1.30 bits per heavy atom. The van der Waals surface area contributed by atoms with Gasteiger partial charge in [0.2, 0.25) is 5.91 Å². The van der Waals surface area contributed by atoms with Crippen LogP contribution in [0, 0.1) is 0 Å². The van der Waals surface area contributed by atoms with E-state index in [1.807, 2.05) is 30.3 Å². The van der Waals surface area contributed by atoms with Crippen molar-refractivity contribution in [1.29, 1.82) is 0 Å². The molecule has 106 valence electrons. The van der Waals surface area contributed by atoms with Crippen molar-refractivity contribution >= 4 is 5.91 Å². The quantitative estimate of drug-likeness (QED) is 0.813. The first-order valence-corrected chi connectivity index (χ1v) is 6.80. The summed E-state index contributed by atoms with van der Waals surface area (Å²) in [7, 11) is 0. The molecule has 2 rings (SSSR count). The molecule has 20 heavy (non-hydrogen) atoms. The van der Waals surface area contributed by atoms with E-state index in [4.69, 9.17) is 10.2 Å². The maximum Gasteiger partial charge on any atom is 0.249 e. The van der Waals surface area contributed by atoms with Crippen molar-refractivity contribution in [2.45, 2.75) is 32.4 Å². The number of carbonyl (C=O) groups excluding carboxylic acids is 1. The number of carbonyl (C=O) groups is 1. The zero-order valence-corrected chi connectivity index (χ0v) is 11.6. The van der Waals surface area contributed by atoms with E-state index in [1.54, 1.807) is 12.3 Å². The third kappa shape index (κ3) is 3.96. The maximum absolute atomic E-state index is 11.3. The second-order valence-electron chi connectivity index (χ2n) is 4.92. The summed E-state index contributed by atoms with van der Waals surface area (Å²) in [6.45, 7) is 2.76.